The van der Waals surface area contributed by atoms with E-state index < -0.39 is 6.09 Å². The van der Waals surface area contributed by atoms with E-state index in [0.29, 0.717) is 5.69 Å². The third-order valence-electron chi connectivity index (χ3n) is 2.67. The summed E-state index contributed by atoms with van der Waals surface area (Å²) in [5.41, 5.74) is 7.17. The van der Waals surface area contributed by atoms with Crippen molar-refractivity contribution in [2.75, 3.05) is 7.11 Å². The molecule has 0 heterocycles. The first-order valence-electron chi connectivity index (χ1n) is 6.24. The number of rotatable bonds is 5. The molecule has 2 aromatic rings. The predicted octanol–water partition coefficient (Wildman–Crippen LogP) is 3.71. The first-order chi connectivity index (χ1) is 10.2. The molecule has 108 valence electrons. The van der Waals surface area contributed by atoms with Crippen molar-refractivity contribution in [2.45, 2.75) is 6.61 Å². The van der Waals surface area contributed by atoms with Crippen LogP contribution in [-0.4, -0.2) is 13.2 Å². The third-order valence-corrected chi connectivity index (χ3v) is 2.67. The summed E-state index contributed by atoms with van der Waals surface area (Å²) in [4.78, 5) is 10.5. The minimum Gasteiger partial charge on any atom is -0.497 e. The van der Waals surface area contributed by atoms with E-state index in [1.807, 2.05) is 24.3 Å². The molecule has 2 aromatic carbocycles. The average Bonchev–Trinajstić information content (AvgIpc) is 2.52. The first-order valence-corrected chi connectivity index (χ1v) is 6.24. The van der Waals surface area contributed by atoms with E-state index in [0.717, 1.165) is 17.0 Å². The van der Waals surface area contributed by atoms with Crippen LogP contribution in [-0.2, 0) is 11.3 Å². The highest BCUT2D eigenvalue weighted by atomic mass is 16.5. The lowest BCUT2D eigenvalue weighted by Crippen LogP contribution is -2.12. The SMILES string of the molecule is COc1ccc(N=Nc2ccc(COC(N)=O)cc2)cc1. The van der Waals surface area contributed by atoms with Crippen molar-refractivity contribution in [3.8, 4) is 5.75 Å². The summed E-state index contributed by atoms with van der Waals surface area (Å²) < 4.78 is 9.76. The van der Waals surface area contributed by atoms with Crippen molar-refractivity contribution < 1.29 is 14.3 Å². The second kappa shape index (κ2) is 7.04. The highest BCUT2D eigenvalue weighted by Crippen LogP contribution is 2.21. The molecule has 2 N–H and O–H groups in total. The summed E-state index contributed by atoms with van der Waals surface area (Å²) in [6.07, 6.45) is -0.793. The fourth-order valence-corrected chi connectivity index (χ4v) is 1.58. The van der Waals surface area contributed by atoms with Crippen LogP contribution in [0.25, 0.3) is 0 Å². The summed E-state index contributed by atoms with van der Waals surface area (Å²) in [5, 5.41) is 8.24. The highest BCUT2D eigenvalue weighted by molar-refractivity contribution is 5.64. The Bertz CT molecular complexity index is 622. The van der Waals surface area contributed by atoms with Crippen molar-refractivity contribution in [2.24, 2.45) is 16.0 Å². The van der Waals surface area contributed by atoms with Gasteiger partial charge < -0.3 is 15.2 Å². The quantitative estimate of drug-likeness (QED) is 0.849. The molecule has 0 aromatic heterocycles. The number of hydrogen-bond acceptors (Lipinski definition) is 5. The molecule has 0 fully saturated rings. The fraction of sp³-hybridized carbons (Fsp3) is 0.133. The highest BCUT2D eigenvalue weighted by Gasteiger charge is 1.97. The Morgan fingerprint density at radius 2 is 1.52 bits per heavy atom. The second-order valence-corrected chi connectivity index (χ2v) is 4.17. The molecule has 0 aliphatic carbocycles. The van der Waals surface area contributed by atoms with Gasteiger partial charge in [0.15, 0.2) is 0 Å². The van der Waals surface area contributed by atoms with Crippen molar-refractivity contribution in [3.05, 3.63) is 54.1 Å². The molecule has 0 saturated carbocycles. The maximum absolute atomic E-state index is 10.5. The van der Waals surface area contributed by atoms with Crippen LogP contribution < -0.4 is 10.5 Å². The van der Waals surface area contributed by atoms with Gasteiger partial charge in [-0.1, -0.05) is 12.1 Å². The smallest absolute Gasteiger partial charge is 0.404 e. The van der Waals surface area contributed by atoms with Gasteiger partial charge in [-0.3, -0.25) is 0 Å². The van der Waals surface area contributed by atoms with Crippen LogP contribution in [0.3, 0.4) is 0 Å². The van der Waals surface area contributed by atoms with Gasteiger partial charge in [-0.25, -0.2) is 4.79 Å². The van der Waals surface area contributed by atoms with Gasteiger partial charge in [-0.2, -0.15) is 10.2 Å². The molecule has 0 radical (unpaired) electrons. The zero-order valence-corrected chi connectivity index (χ0v) is 11.5. The number of carbonyl (C=O) groups is 1. The number of nitrogens with zero attached hydrogens (tertiary/aromatic N) is 2. The molecular formula is C15H15N3O3. The Labute approximate surface area is 122 Å². The number of ether oxygens (including phenoxy) is 2. The number of amides is 1. The molecule has 0 aliphatic heterocycles. The van der Waals surface area contributed by atoms with Crippen LogP contribution >= 0.6 is 0 Å². The van der Waals surface area contributed by atoms with Gasteiger partial charge in [-0.15, -0.1) is 0 Å². The summed E-state index contributed by atoms with van der Waals surface area (Å²) in [6.45, 7) is 0.144. The van der Waals surface area contributed by atoms with E-state index in [9.17, 15) is 4.79 Å². The minimum atomic E-state index is -0.793. The van der Waals surface area contributed by atoms with E-state index >= 15 is 0 Å². The van der Waals surface area contributed by atoms with Crippen LogP contribution in [0, 0.1) is 0 Å². The monoisotopic (exact) mass is 285 g/mol. The lowest BCUT2D eigenvalue weighted by Gasteiger charge is -2.01. The van der Waals surface area contributed by atoms with Crippen molar-refractivity contribution in [1.82, 2.24) is 0 Å². The number of azo groups is 1. The zero-order valence-electron chi connectivity index (χ0n) is 11.5. The molecule has 21 heavy (non-hydrogen) atoms. The molecule has 1 amide bonds. The molecule has 6 heteroatoms. The summed E-state index contributed by atoms with van der Waals surface area (Å²) in [5.74, 6) is 0.771. The van der Waals surface area contributed by atoms with Gasteiger partial charge in [0.2, 0.25) is 0 Å². The maximum atomic E-state index is 10.5. The van der Waals surface area contributed by atoms with Crippen molar-refractivity contribution in [1.29, 1.82) is 0 Å². The summed E-state index contributed by atoms with van der Waals surface area (Å²) in [7, 11) is 1.61. The van der Waals surface area contributed by atoms with Crippen LogP contribution in [0.4, 0.5) is 16.2 Å². The molecule has 2 rings (SSSR count). The molecule has 0 spiro atoms. The molecule has 0 saturated heterocycles. The third kappa shape index (κ3) is 4.61. The van der Waals surface area contributed by atoms with Crippen molar-refractivity contribution >= 4 is 17.5 Å². The van der Waals surface area contributed by atoms with Crippen molar-refractivity contribution in [3.63, 3.8) is 0 Å². The fourth-order valence-electron chi connectivity index (χ4n) is 1.58. The lowest BCUT2D eigenvalue weighted by molar-refractivity contribution is 0.150. The zero-order chi connectivity index (χ0) is 15.1. The van der Waals surface area contributed by atoms with Gasteiger partial charge in [0, 0.05) is 0 Å². The maximum Gasteiger partial charge on any atom is 0.404 e. The first kappa shape index (κ1) is 14.5. The predicted molar refractivity (Wildman–Crippen MR) is 78.0 cm³/mol. The second-order valence-electron chi connectivity index (χ2n) is 4.17. The van der Waals surface area contributed by atoms with E-state index in [1.54, 1.807) is 31.4 Å². The molecule has 0 atom stereocenters. The number of methoxy groups -OCH3 is 1. The molecule has 6 nitrogen and oxygen atoms in total. The standard InChI is InChI=1S/C15H15N3O3/c1-20-14-8-6-13(7-9-14)18-17-12-4-2-11(3-5-12)10-21-15(16)19/h2-9H,10H2,1H3,(H2,16,19). The minimum absolute atomic E-state index is 0.144. The van der Waals surface area contributed by atoms with E-state index in [2.05, 4.69) is 10.2 Å². The molecule has 0 aliphatic rings. The Morgan fingerprint density at radius 3 is 2.00 bits per heavy atom. The summed E-state index contributed by atoms with van der Waals surface area (Å²) >= 11 is 0. The Balaban J connectivity index is 1.98. The molecule has 0 unspecified atom stereocenters. The average molecular weight is 285 g/mol. The van der Waals surface area contributed by atoms with Crippen LogP contribution in [0.5, 0.6) is 5.75 Å². The van der Waals surface area contributed by atoms with Crippen LogP contribution in [0.15, 0.2) is 58.8 Å². The number of primary amides is 1. The molecular weight excluding hydrogens is 270 g/mol. The van der Waals surface area contributed by atoms with E-state index in [4.69, 9.17) is 15.2 Å². The summed E-state index contributed by atoms with van der Waals surface area (Å²) in [6, 6.07) is 14.4. The van der Waals surface area contributed by atoms with Gasteiger partial charge in [0.05, 0.1) is 18.5 Å². The lowest BCUT2D eigenvalue weighted by atomic mass is 10.2. The van der Waals surface area contributed by atoms with Gasteiger partial charge >= 0.3 is 6.09 Å². The van der Waals surface area contributed by atoms with Crippen LogP contribution in [0.2, 0.25) is 0 Å². The Morgan fingerprint density at radius 1 is 1.00 bits per heavy atom. The van der Waals surface area contributed by atoms with Gasteiger partial charge in [-0.05, 0) is 42.0 Å². The van der Waals surface area contributed by atoms with Gasteiger partial charge in [0.25, 0.3) is 0 Å². The number of hydrogen-bond donors (Lipinski definition) is 1. The number of benzene rings is 2. The topological polar surface area (TPSA) is 86.3 Å². The van der Waals surface area contributed by atoms with Gasteiger partial charge in [0.1, 0.15) is 12.4 Å². The largest absolute Gasteiger partial charge is 0.497 e. The number of nitrogens with two attached hydrogens (primary N) is 1. The number of carbonyl (C=O) groups excluding carboxylic acids is 1. The Hall–Kier alpha value is -2.89. The van der Waals surface area contributed by atoms with E-state index in [-0.39, 0.29) is 6.61 Å². The molecule has 0 bridgehead atoms. The van der Waals surface area contributed by atoms with Crippen LogP contribution in [0.1, 0.15) is 5.56 Å². The Kier molecular flexibility index (Phi) is 4.87. The normalized spacial score (nSPS) is 10.5. The van der Waals surface area contributed by atoms with E-state index in [1.165, 1.54) is 0 Å².